The second-order valence-electron chi connectivity index (χ2n) is 8.13. The Morgan fingerprint density at radius 3 is 2.57 bits per heavy atom. The first-order valence-electron chi connectivity index (χ1n) is 10.6. The van der Waals surface area contributed by atoms with Crippen molar-refractivity contribution in [3.05, 3.63) is 61.0 Å². The van der Waals surface area contributed by atoms with E-state index in [2.05, 4.69) is 26.9 Å². The number of aryl methyl sites for hydroxylation is 2. The van der Waals surface area contributed by atoms with Crippen LogP contribution in [0.4, 0.5) is 0 Å². The zero-order chi connectivity index (χ0) is 21.3. The van der Waals surface area contributed by atoms with Crippen LogP contribution in [-0.2, 0) is 27.1 Å². The van der Waals surface area contributed by atoms with E-state index in [-0.39, 0.29) is 11.2 Å². The van der Waals surface area contributed by atoms with Gasteiger partial charge in [-0.15, -0.1) is 0 Å². The molecule has 0 atom stereocenters. The SMILES string of the molecule is Cn1c(=O)c2c(nc(CCCN3CCCCC3)n2Cc2cccc(Br)c2)n(C)c1=O. The standard InChI is InChI=1S/C22H28BrN5O2/c1-25-20-19(21(29)26(2)22(25)30)28(15-16-8-6-9-17(23)14-16)18(24-20)10-7-13-27-11-4-3-5-12-27/h6,8-9,14H,3-5,7,10-13,15H2,1-2H3. The molecule has 1 saturated heterocycles. The van der Waals surface area contributed by atoms with Crippen molar-refractivity contribution in [2.75, 3.05) is 19.6 Å². The smallest absolute Gasteiger partial charge is 0.318 e. The molecule has 7 nitrogen and oxygen atoms in total. The molecule has 8 heteroatoms. The summed E-state index contributed by atoms with van der Waals surface area (Å²) in [5, 5.41) is 0. The number of nitrogens with zero attached hydrogens (tertiary/aromatic N) is 5. The quantitative estimate of drug-likeness (QED) is 0.551. The maximum absolute atomic E-state index is 13.0. The minimum absolute atomic E-state index is 0.294. The van der Waals surface area contributed by atoms with Crippen molar-refractivity contribution in [3.63, 3.8) is 0 Å². The van der Waals surface area contributed by atoms with Crippen molar-refractivity contribution in [3.8, 4) is 0 Å². The molecule has 1 aromatic carbocycles. The number of rotatable bonds is 6. The molecular weight excluding hydrogens is 446 g/mol. The highest BCUT2D eigenvalue weighted by atomic mass is 79.9. The summed E-state index contributed by atoms with van der Waals surface area (Å²) in [4.78, 5) is 32.7. The van der Waals surface area contributed by atoms with E-state index in [1.807, 2.05) is 22.8 Å². The molecule has 0 radical (unpaired) electrons. The van der Waals surface area contributed by atoms with Crippen LogP contribution in [0, 0.1) is 0 Å². The normalized spacial score (nSPS) is 15.2. The molecule has 0 N–H and O–H groups in total. The van der Waals surface area contributed by atoms with Gasteiger partial charge in [0.05, 0.1) is 0 Å². The van der Waals surface area contributed by atoms with Gasteiger partial charge in [0, 0.05) is 31.5 Å². The van der Waals surface area contributed by atoms with Crippen molar-refractivity contribution in [2.24, 2.45) is 14.1 Å². The Kier molecular flexibility index (Phi) is 6.24. The van der Waals surface area contributed by atoms with E-state index in [4.69, 9.17) is 4.98 Å². The number of hydrogen-bond acceptors (Lipinski definition) is 4. The van der Waals surface area contributed by atoms with E-state index in [1.54, 1.807) is 7.05 Å². The van der Waals surface area contributed by atoms with Crippen LogP contribution in [0.5, 0.6) is 0 Å². The van der Waals surface area contributed by atoms with E-state index in [0.717, 1.165) is 35.2 Å². The zero-order valence-electron chi connectivity index (χ0n) is 17.6. The summed E-state index contributed by atoms with van der Waals surface area (Å²) in [5.74, 6) is 0.861. The first kappa shape index (κ1) is 21.1. The van der Waals surface area contributed by atoms with Gasteiger partial charge in [0.1, 0.15) is 5.82 Å². The number of benzene rings is 1. The minimum Gasteiger partial charge on any atom is -0.318 e. The first-order chi connectivity index (χ1) is 14.5. The Balaban J connectivity index is 1.72. The third kappa shape index (κ3) is 4.16. The summed E-state index contributed by atoms with van der Waals surface area (Å²) in [6, 6.07) is 8.07. The molecule has 2 aromatic heterocycles. The van der Waals surface area contributed by atoms with Crippen molar-refractivity contribution < 1.29 is 0 Å². The van der Waals surface area contributed by atoms with Crippen molar-refractivity contribution >= 4 is 27.1 Å². The van der Waals surface area contributed by atoms with Crippen LogP contribution in [0.15, 0.2) is 38.3 Å². The average Bonchev–Trinajstić information content (AvgIpc) is 3.10. The van der Waals surface area contributed by atoms with E-state index >= 15 is 0 Å². The molecule has 3 aromatic rings. The molecule has 1 aliphatic heterocycles. The van der Waals surface area contributed by atoms with Crippen molar-refractivity contribution in [2.45, 2.75) is 38.6 Å². The fourth-order valence-corrected chi connectivity index (χ4v) is 4.76. The fraction of sp³-hybridized carbons (Fsp3) is 0.500. The van der Waals surface area contributed by atoms with Gasteiger partial charge in [0.25, 0.3) is 5.56 Å². The van der Waals surface area contributed by atoms with Crippen LogP contribution in [-0.4, -0.2) is 43.2 Å². The lowest BCUT2D eigenvalue weighted by atomic mass is 10.1. The van der Waals surface area contributed by atoms with Gasteiger partial charge in [-0.2, -0.15) is 0 Å². The summed E-state index contributed by atoms with van der Waals surface area (Å²) in [5.41, 5.74) is 1.40. The molecule has 4 rings (SSSR count). The van der Waals surface area contributed by atoms with Crippen LogP contribution < -0.4 is 11.2 Å². The number of aromatic nitrogens is 4. The maximum atomic E-state index is 13.0. The highest BCUT2D eigenvalue weighted by molar-refractivity contribution is 9.10. The lowest BCUT2D eigenvalue weighted by Gasteiger charge is -2.26. The lowest BCUT2D eigenvalue weighted by molar-refractivity contribution is 0.226. The molecule has 0 saturated carbocycles. The van der Waals surface area contributed by atoms with Gasteiger partial charge in [0.2, 0.25) is 0 Å². The molecule has 160 valence electrons. The van der Waals surface area contributed by atoms with E-state index in [9.17, 15) is 9.59 Å². The predicted molar refractivity (Wildman–Crippen MR) is 122 cm³/mol. The molecule has 0 bridgehead atoms. The molecule has 0 amide bonds. The second-order valence-corrected chi connectivity index (χ2v) is 9.04. The molecule has 0 aliphatic carbocycles. The van der Waals surface area contributed by atoms with Gasteiger partial charge in [-0.05, 0) is 56.6 Å². The molecule has 30 heavy (non-hydrogen) atoms. The van der Waals surface area contributed by atoms with Gasteiger partial charge < -0.3 is 9.47 Å². The van der Waals surface area contributed by atoms with Gasteiger partial charge in [0.15, 0.2) is 11.2 Å². The van der Waals surface area contributed by atoms with Crippen LogP contribution in [0.1, 0.15) is 37.1 Å². The Hall–Kier alpha value is -2.19. The van der Waals surface area contributed by atoms with Crippen LogP contribution >= 0.6 is 15.9 Å². The number of imidazole rings is 1. The Bertz CT molecular complexity index is 1170. The van der Waals surface area contributed by atoms with Crippen molar-refractivity contribution in [1.82, 2.24) is 23.6 Å². The van der Waals surface area contributed by atoms with Gasteiger partial charge >= 0.3 is 5.69 Å². The Labute approximate surface area is 184 Å². The third-order valence-corrected chi connectivity index (χ3v) is 6.47. The average molecular weight is 474 g/mol. The largest absolute Gasteiger partial charge is 0.332 e. The molecule has 1 aliphatic rings. The summed E-state index contributed by atoms with van der Waals surface area (Å²) in [6.07, 6.45) is 5.64. The topological polar surface area (TPSA) is 65.1 Å². The molecule has 0 unspecified atom stereocenters. The number of likely N-dealkylation sites (tertiary alicyclic amines) is 1. The van der Waals surface area contributed by atoms with E-state index < -0.39 is 0 Å². The van der Waals surface area contributed by atoms with Gasteiger partial charge in [-0.1, -0.05) is 34.5 Å². The Morgan fingerprint density at radius 2 is 1.83 bits per heavy atom. The highest BCUT2D eigenvalue weighted by Crippen LogP contribution is 2.18. The fourth-order valence-electron chi connectivity index (χ4n) is 4.31. The van der Waals surface area contributed by atoms with Crippen LogP contribution in [0.2, 0.25) is 0 Å². The summed E-state index contributed by atoms with van der Waals surface area (Å²) >= 11 is 3.53. The molecule has 0 spiro atoms. The van der Waals surface area contributed by atoms with Gasteiger partial charge in [-0.3, -0.25) is 13.9 Å². The monoisotopic (exact) mass is 473 g/mol. The maximum Gasteiger partial charge on any atom is 0.332 e. The molecule has 3 heterocycles. The predicted octanol–water partition coefficient (Wildman–Crippen LogP) is 2.66. The molecular formula is C22H28BrN5O2. The van der Waals surface area contributed by atoms with Crippen LogP contribution in [0.25, 0.3) is 11.2 Å². The molecule has 1 fully saturated rings. The zero-order valence-corrected chi connectivity index (χ0v) is 19.2. The summed E-state index contributed by atoms with van der Waals surface area (Å²) < 4.78 is 5.63. The third-order valence-electron chi connectivity index (χ3n) is 5.98. The summed E-state index contributed by atoms with van der Waals surface area (Å²) in [6.45, 7) is 3.92. The lowest BCUT2D eigenvalue weighted by Crippen LogP contribution is -2.37. The van der Waals surface area contributed by atoms with E-state index in [0.29, 0.717) is 17.7 Å². The second kappa shape index (κ2) is 8.89. The minimum atomic E-state index is -0.348. The first-order valence-corrected chi connectivity index (χ1v) is 11.4. The summed E-state index contributed by atoms with van der Waals surface area (Å²) in [7, 11) is 3.20. The number of halogens is 1. The van der Waals surface area contributed by atoms with Crippen LogP contribution in [0.3, 0.4) is 0 Å². The van der Waals surface area contributed by atoms with Crippen molar-refractivity contribution in [1.29, 1.82) is 0 Å². The Morgan fingerprint density at radius 1 is 1.07 bits per heavy atom. The highest BCUT2D eigenvalue weighted by Gasteiger charge is 2.19. The number of hydrogen-bond donors (Lipinski definition) is 0. The van der Waals surface area contributed by atoms with E-state index in [1.165, 1.54) is 48.5 Å². The van der Waals surface area contributed by atoms with Gasteiger partial charge in [-0.25, -0.2) is 9.78 Å². The number of piperidine rings is 1. The number of fused-ring (bicyclic) bond motifs is 1.